The molecule has 0 N–H and O–H groups in total. The Labute approximate surface area is 247 Å². The summed E-state index contributed by atoms with van der Waals surface area (Å²) in [6.45, 7) is -1.10. The molecule has 43 heavy (non-hydrogen) atoms. The van der Waals surface area contributed by atoms with E-state index in [4.69, 9.17) is 23.7 Å². The zero-order valence-corrected chi connectivity index (χ0v) is 23.0. The number of ether oxygens (including phenoxy) is 5. The molecular formula is C34H29FO8. The monoisotopic (exact) mass is 584 g/mol. The fourth-order valence-electron chi connectivity index (χ4n) is 4.59. The van der Waals surface area contributed by atoms with Crippen molar-refractivity contribution in [2.75, 3.05) is 6.67 Å². The molecule has 4 aromatic carbocycles. The van der Waals surface area contributed by atoms with Crippen molar-refractivity contribution >= 4 is 17.9 Å². The lowest BCUT2D eigenvalue weighted by Crippen LogP contribution is -2.62. The van der Waals surface area contributed by atoms with Crippen molar-refractivity contribution in [3.63, 3.8) is 0 Å². The Morgan fingerprint density at radius 2 is 0.953 bits per heavy atom. The average molecular weight is 585 g/mol. The number of benzene rings is 4. The Morgan fingerprint density at radius 1 is 0.558 bits per heavy atom. The van der Waals surface area contributed by atoms with Gasteiger partial charge in [-0.2, -0.15) is 0 Å². The largest absolute Gasteiger partial charge is 0.452 e. The number of rotatable bonds is 10. The molecule has 5 rings (SSSR count). The standard InChI is InChI=1S/C34H29FO8/c35-21-27-28(41-31(36)24-15-7-2-8-16-24)29(42-32(37)25-17-9-3-10-18-25)30(43-33(38)26-19-11-4-12-20-26)34(40-27)39-22-23-13-5-1-6-14-23/h1-20,27-30,34H,21-22H2/t27-,28-,29+,30+,34+/m1/s1. The van der Waals surface area contributed by atoms with Gasteiger partial charge in [0.25, 0.3) is 0 Å². The summed E-state index contributed by atoms with van der Waals surface area (Å²) in [6.07, 6.45) is -7.22. The van der Waals surface area contributed by atoms with Gasteiger partial charge < -0.3 is 23.7 Å². The molecule has 1 aliphatic rings. The van der Waals surface area contributed by atoms with Crippen molar-refractivity contribution in [2.45, 2.75) is 37.3 Å². The van der Waals surface area contributed by atoms with Crippen LogP contribution in [0, 0.1) is 0 Å². The van der Waals surface area contributed by atoms with Gasteiger partial charge in [0.1, 0.15) is 12.8 Å². The normalized spacial score (nSPS) is 21.4. The highest BCUT2D eigenvalue weighted by molar-refractivity contribution is 5.91. The van der Waals surface area contributed by atoms with Crippen LogP contribution in [-0.4, -0.2) is 55.3 Å². The van der Waals surface area contributed by atoms with E-state index in [1.165, 1.54) is 24.3 Å². The summed E-state index contributed by atoms with van der Waals surface area (Å²) in [5.74, 6) is -2.37. The lowest BCUT2D eigenvalue weighted by atomic mass is 9.98. The van der Waals surface area contributed by atoms with E-state index in [-0.39, 0.29) is 23.3 Å². The molecule has 0 unspecified atom stereocenters. The smallest absolute Gasteiger partial charge is 0.338 e. The summed E-state index contributed by atoms with van der Waals surface area (Å²) in [4.78, 5) is 39.7. The van der Waals surface area contributed by atoms with Crippen LogP contribution < -0.4 is 0 Å². The van der Waals surface area contributed by atoms with Crippen molar-refractivity contribution in [3.8, 4) is 0 Å². The first-order valence-corrected chi connectivity index (χ1v) is 13.7. The molecule has 0 radical (unpaired) electrons. The van der Waals surface area contributed by atoms with E-state index >= 15 is 0 Å². The third kappa shape index (κ3) is 7.51. The SMILES string of the molecule is O=C(O[C@@H]1[C@H](OC(=O)c2ccccc2)[C@@H](OCc2ccccc2)O[C@H](CF)[C@H]1OC(=O)c1ccccc1)c1ccccc1. The Hall–Kier alpha value is -4.86. The molecule has 1 aliphatic heterocycles. The van der Waals surface area contributed by atoms with Gasteiger partial charge in [-0.1, -0.05) is 84.9 Å². The van der Waals surface area contributed by atoms with Gasteiger partial charge in [-0.05, 0) is 42.0 Å². The summed E-state index contributed by atoms with van der Waals surface area (Å²) in [5, 5.41) is 0. The average Bonchev–Trinajstić information content (AvgIpc) is 3.07. The van der Waals surface area contributed by atoms with Gasteiger partial charge >= 0.3 is 17.9 Å². The van der Waals surface area contributed by atoms with Crippen LogP contribution in [0.5, 0.6) is 0 Å². The van der Waals surface area contributed by atoms with Crippen LogP contribution in [0.3, 0.4) is 0 Å². The first-order chi connectivity index (χ1) is 21.0. The number of hydrogen-bond donors (Lipinski definition) is 0. The maximum atomic E-state index is 14.6. The third-order valence-electron chi connectivity index (χ3n) is 6.76. The molecule has 4 aromatic rings. The minimum Gasteiger partial charge on any atom is -0.452 e. The fourth-order valence-corrected chi connectivity index (χ4v) is 4.59. The second-order valence-electron chi connectivity index (χ2n) is 9.70. The van der Waals surface area contributed by atoms with Crippen LogP contribution >= 0.6 is 0 Å². The van der Waals surface area contributed by atoms with Gasteiger partial charge in [0.15, 0.2) is 24.6 Å². The Kier molecular flexibility index (Phi) is 9.89. The summed E-state index contributed by atoms with van der Waals surface area (Å²) in [7, 11) is 0. The van der Waals surface area contributed by atoms with Crippen LogP contribution in [0.1, 0.15) is 36.6 Å². The topological polar surface area (TPSA) is 97.4 Å². The van der Waals surface area contributed by atoms with E-state index in [1.807, 2.05) is 30.3 Å². The zero-order chi connectivity index (χ0) is 30.0. The molecule has 1 heterocycles. The van der Waals surface area contributed by atoms with Crippen molar-refractivity contribution in [3.05, 3.63) is 144 Å². The van der Waals surface area contributed by atoms with Gasteiger partial charge in [0.05, 0.1) is 23.3 Å². The van der Waals surface area contributed by atoms with Gasteiger partial charge in [-0.3, -0.25) is 0 Å². The summed E-state index contributed by atoms with van der Waals surface area (Å²) < 4.78 is 44.0. The summed E-state index contributed by atoms with van der Waals surface area (Å²) in [5.41, 5.74) is 1.36. The number of hydrogen-bond acceptors (Lipinski definition) is 8. The van der Waals surface area contributed by atoms with Crippen LogP contribution in [-0.2, 0) is 30.3 Å². The summed E-state index contributed by atoms with van der Waals surface area (Å²) in [6, 6.07) is 33.4. The molecule has 220 valence electrons. The van der Waals surface area contributed by atoms with Crippen molar-refractivity contribution in [1.82, 2.24) is 0 Å². The lowest BCUT2D eigenvalue weighted by molar-refractivity contribution is -0.299. The molecule has 0 aliphatic carbocycles. The highest BCUT2D eigenvalue weighted by Crippen LogP contribution is 2.32. The summed E-state index contributed by atoms with van der Waals surface area (Å²) >= 11 is 0. The molecule has 1 fully saturated rings. The van der Waals surface area contributed by atoms with Crippen molar-refractivity contribution in [1.29, 1.82) is 0 Å². The number of alkyl halides is 1. The Balaban J connectivity index is 1.51. The second kappa shape index (κ2) is 14.4. The molecule has 0 amide bonds. The minimum atomic E-state index is -1.50. The van der Waals surface area contributed by atoms with Crippen molar-refractivity contribution < 1.29 is 42.5 Å². The molecule has 5 atom stereocenters. The molecule has 1 saturated heterocycles. The molecule has 8 nitrogen and oxygen atoms in total. The highest BCUT2D eigenvalue weighted by atomic mass is 19.1. The number of halogens is 1. The van der Waals surface area contributed by atoms with Crippen LogP contribution in [0.15, 0.2) is 121 Å². The van der Waals surface area contributed by atoms with Crippen LogP contribution in [0.2, 0.25) is 0 Å². The Morgan fingerprint density at radius 3 is 1.40 bits per heavy atom. The predicted octanol–water partition coefficient (Wildman–Crippen LogP) is 5.57. The minimum absolute atomic E-state index is 0.0116. The predicted molar refractivity (Wildman–Crippen MR) is 153 cm³/mol. The van der Waals surface area contributed by atoms with E-state index in [2.05, 4.69) is 0 Å². The molecule has 9 heteroatoms. The first-order valence-electron chi connectivity index (χ1n) is 13.7. The quantitative estimate of drug-likeness (QED) is 0.176. The second-order valence-corrected chi connectivity index (χ2v) is 9.70. The maximum Gasteiger partial charge on any atom is 0.338 e. The number of carbonyl (C=O) groups excluding carboxylic acids is 3. The highest BCUT2D eigenvalue weighted by Gasteiger charge is 2.53. The maximum absolute atomic E-state index is 14.6. The number of esters is 3. The van der Waals surface area contributed by atoms with E-state index in [0.717, 1.165) is 5.56 Å². The first kappa shape index (κ1) is 29.6. The van der Waals surface area contributed by atoms with Gasteiger partial charge in [-0.25, -0.2) is 18.8 Å². The molecule has 0 spiro atoms. The van der Waals surface area contributed by atoms with E-state index in [9.17, 15) is 18.8 Å². The third-order valence-corrected chi connectivity index (χ3v) is 6.76. The van der Waals surface area contributed by atoms with E-state index in [1.54, 1.807) is 66.7 Å². The fraction of sp³-hybridized carbons (Fsp3) is 0.206. The molecule has 0 saturated carbocycles. The van der Waals surface area contributed by atoms with Gasteiger partial charge in [0, 0.05) is 0 Å². The van der Waals surface area contributed by atoms with E-state index in [0.29, 0.717) is 0 Å². The van der Waals surface area contributed by atoms with Crippen LogP contribution in [0.4, 0.5) is 4.39 Å². The Bertz CT molecular complexity index is 1480. The zero-order valence-electron chi connectivity index (χ0n) is 23.0. The molecular weight excluding hydrogens is 555 g/mol. The van der Waals surface area contributed by atoms with Crippen LogP contribution in [0.25, 0.3) is 0 Å². The van der Waals surface area contributed by atoms with E-state index < -0.39 is 55.3 Å². The number of carbonyl (C=O) groups is 3. The molecule has 0 bridgehead atoms. The van der Waals surface area contributed by atoms with Gasteiger partial charge in [-0.15, -0.1) is 0 Å². The van der Waals surface area contributed by atoms with Gasteiger partial charge in [0.2, 0.25) is 0 Å². The lowest BCUT2D eigenvalue weighted by Gasteiger charge is -2.43. The molecule has 0 aromatic heterocycles. The van der Waals surface area contributed by atoms with Crippen molar-refractivity contribution in [2.24, 2.45) is 0 Å².